The first-order valence-corrected chi connectivity index (χ1v) is 9.06. The van der Waals surface area contributed by atoms with Gasteiger partial charge in [0.25, 0.3) is 0 Å². The van der Waals surface area contributed by atoms with Gasteiger partial charge in [0, 0.05) is 17.1 Å². The molecule has 0 saturated carbocycles. The number of rotatable bonds is 2. The molecule has 0 amide bonds. The van der Waals surface area contributed by atoms with E-state index >= 15 is 0 Å². The Hall–Kier alpha value is -2.76. The summed E-state index contributed by atoms with van der Waals surface area (Å²) < 4.78 is 29.8. The Morgan fingerprint density at radius 2 is 1.64 bits per heavy atom. The molecule has 0 unspecified atom stereocenters. The number of fused-ring (bicyclic) bond motifs is 1. The van der Waals surface area contributed by atoms with Crippen LogP contribution in [0.5, 0.6) is 0 Å². The summed E-state index contributed by atoms with van der Waals surface area (Å²) in [5.74, 6) is -1.91. The van der Waals surface area contributed by atoms with Gasteiger partial charge in [-0.2, -0.15) is 0 Å². The molecule has 0 bridgehead atoms. The molecule has 1 aromatic heterocycles. The highest BCUT2D eigenvalue weighted by Crippen LogP contribution is 2.35. The quantitative estimate of drug-likeness (QED) is 0.404. The van der Waals surface area contributed by atoms with Crippen LogP contribution in [0.3, 0.4) is 0 Å². The SMILES string of the molecule is Cc1ccc(F)c(F)c1-c1cccc2c1cnc(=O)n2-c1c(Cl)cccc1Cl. The van der Waals surface area contributed by atoms with Crippen LogP contribution >= 0.6 is 23.2 Å². The highest BCUT2D eigenvalue weighted by atomic mass is 35.5. The van der Waals surface area contributed by atoms with E-state index in [-0.39, 0.29) is 21.3 Å². The minimum absolute atomic E-state index is 0.114. The van der Waals surface area contributed by atoms with Gasteiger partial charge in [-0.3, -0.25) is 4.57 Å². The molecule has 140 valence electrons. The second kappa shape index (κ2) is 7.00. The summed E-state index contributed by atoms with van der Waals surface area (Å²) in [5.41, 5.74) is 1.20. The molecule has 0 atom stereocenters. The molecular weight excluding hydrogens is 405 g/mol. The van der Waals surface area contributed by atoms with E-state index in [2.05, 4.69) is 4.98 Å². The van der Waals surface area contributed by atoms with Crippen LogP contribution in [0, 0.1) is 18.6 Å². The van der Waals surface area contributed by atoms with Crippen LogP contribution in [-0.4, -0.2) is 9.55 Å². The average Bonchev–Trinajstić information content (AvgIpc) is 2.66. The molecule has 4 rings (SSSR count). The maximum Gasteiger partial charge on any atom is 0.352 e. The van der Waals surface area contributed by atoms with E-state index in [4.69, 9.17) is 23.2 Å². The maximum absolute atomic E-state index is 14.6. The Labute approximate surface area is 168 Å². The molecule has 1 heterocycles. The second-order valence-corrected chi connectivity index (χ2v) is 7.05. The number of para-hydroxylation sites is 1. The van der Waals surface area contributed by atoms with Crippen molar-refractivity contribution in [2.75, 3.05) is 0 Å². The fourth-order valence-corrected chi connectivity index (χ4v) is 3.85. The van der Waals surface area contributed by atoms with Crippen LogP contribution in [0.4, 0.5) is 8.78 Å². The summed E-state index contributed by atoms with van der Waals surface area (Å²) in [5, 5.41) is 0.996. The Balaban J connectivity index is 2.14. The van der Waals surface area contributed by atoms with E-state index in [9.17, 15) is 13.6 Å². The highest BCUT2D eigenvalue weighted by Gasteiger charge is 2.19. The molecule has 0 fully saturated rings. The largest absolute Gasteiger partial charge is 0.352 e. The third-order valence-corrected chi connectivity index (χ3v) is 5.16. The number of benzene rings is 3. The molecule has 0 aliphatic rings. The van der Waals surface area contributed by atoms with Crippen LogP contribution in [0.1, 0.15) is 5.56 Å². The van der Waals surface area contributed by atoms with Gasteiger partial charge in [0.2, 0.25) is 0 Å². The van der Waals surface area contributed by atoms with Crippen LogP contribution in [0.2, 0.25) is 10.0 Å². The maximum atomic E-state index is 14.6. The summed E-state index contributed by atoms with van der Waals surface area (Å²) in [6, 6.07) is 12.4. The van der Waals surface area contributed by atoms with Crippen molar-refractivity contribution in [3.05, 3.63) is 92.5 Å². The topological polar surface area (TPSA) is 34.9 Å². The molecule has 7 heteroatoms. The molecule has 0 spiro atoms. The minimum atomic E-state index is -0.957. The smallest absolute Gasteiger partial charge is 0.257 e. The van der Waals surface area contributed by atoms with Crippen LogP contribution in [-0.2, 0) is 0 Å². The van der Waals surface area contributed by atoms with Crippen molar-refractivity contribution in [3.63, 3.8) is 0 Å². The molecule has 3 nitrogen and oxygen atoms in total. The van der Waals surface area contributed by atoms with E-state index in [1.54, 1.807) is 43.3 Å². The van der Waals surface area contributed by atoms with Crippen molar-refractivity contribution >= 4 is 34.1 Å². The third kappa shape index (κ3) is 2.87. The Kier molecular flexibility index (Phi) is 4.65. The van der Waals surface area contributed by atoms with Gasteiger partial charge in [0.15, 0.2) is 11.6 Å². The van der Waals surface area contributed by atoms with Crippen molar-refractivity contribution in [2.45, 2.75) is 6.92 Å². The highest BCUT2D eigenvalue weighted by molar-refractivity contribution is 6.37. The van der Waals surface area contributed by atoms with Gasteiger partial charge in [-0.05, 0) is 42.3 Å². The second-order valence-electron chi connectivity index (χ2n) is 6.24. The zero-order chi connectivity index (χ0) is 20.0. The lowest BCUT2D eigenvalue weighted by Crippen LogP contribution is -2.22. The lowest BCUT2D eigenvalue weighted by molar-refractivity contribution is 0.510. The minimum Gasteiger partial charge on any atom is -0.257 e. The lowest BCUT2D eigenvalue weighted by atomic mass is 9.96. The van der Waals surface area contributed by atoms with Gasteiger partial charge in [-0.1, -0.05) is 47.5 Å². The van der Waals surface area contributed by atoms with Gasteiger partial charge in [0.05, 0.1) is 21.2 Å². The molecular formula is C21H12Cl2F2N2O. The molecule has 0 N–H and O–H groups in total. The van der Waals surface area contributed by atoms with Crippen molar-refractivity contribution < 1.29 is 8.78 Å². The van der Waals surface area contributed by atoms with E-state index in [0.29, 0.717) is 22.0 Å². The molecule has 0 aliphatic heterocycles. The molecule has 0 saturated heterocycles. The predicted molar refractivity (Wildman–Crippen MR) is 107 cm³/mol. The van der Waals surface area contributed by atoms with Crippen LogP contribution in [0.25, 0.3) is 27.7 Å². The van der Waals surface area contributed by atoms with E-state index in [1.807, 2.05) is 0 Å². The van der Waals surface area contributed by atoms with Crippen molar-refractivity contribution in [3.8, 4) is 16.8 Å². The number of hydrogen-bond donors (Lipinski definition) is 0. The fourth-order valence-electron chi connectivity index (χ4n) is 3.28. The van der Waals surface area contributed by atoms with E-state index in [0.717, 1.165) is 6.07 Å². The normalized spacial score (nSPS) is 11.2. The number of hydrogen-bond acceptors (Lipinski definition) is 2. The van der Waals surface area contributed by atoms with Crippen LogP contribution < -0.4 is 5.69 Å². The zero-order valence-corrected chi connectivity index (χ0v) is 16.0. The number of aromatic nitrogens is 2. The number of aryl methyl sites for hydroxylation is 1. The first-order valence-electron chi connectivity index (χ1n) is 8.30. The van der Waals surface area contributed by atoms with Gasteiger partial charge in [-0.15, -0.1) is 0 Å². The van der Waals surface area contributed by atoms with Gasteiger partial charge in [-0.25, -0.2) is 18.6 Å². The summed E-state index contributed by atoms with van der Waals surface area (Å²) in [4.78, 5) is 16.5. The van der Waals surface area contributed by atoms with Crippen molar-refractivity contribution in [1.82, 2.24) is 9.55 Å². The van der Waals surface area contributed by atoms with Gasteiger partial charge in [0.1, 0.15) is 0 Å². The molecule has 4 aromatic rings. The number of nitrogens with zero attached hydrogens (tertiary/aromatic N) is 2. The Bertz CT molecular complexity index is 1280. The molecule has 0 aliphatic carbocycles. The summed E-state index contributed by atoms with van der Waals surface area (Å²) >= 11 is 12.6. The van der Waals surface area contributed by atoms with Gasteiger partial charge < -0.3 is 0 Å². The standard InChI is InChI=1S/C21H12Cl2F2N2O/c1-11-8-9-16(24)19(25)18(11)12-4-2-7-17-13(12)10-26-21(28)27(17)20-14(22)5-3-6-15(20)23/h2-10H,1H3. The van der Waals surface area contributed by atoms with Gasteiger partial charge >= 0.3 is 5.69 Å². The molecule has 3 aromatic carbocycles. The fraction of sp³-hybridized carbons (Fsp3) is 0.0476. The van der Waals surface area contributed by atoms with E-state index < -0.39 is 17.3 Å². The Morgan fingerprint density at radius 3 is 2.36 bits per heavy atom. The van der Waals surface area contributed by atoms with Crippen molar-refractivity contribution in [2.24, 2.45) is 0 Å². The third-order valence-electron chi connectivity index (χ3n) is 4.55. The first-order chi connectivity index (χ1) is 13.4. The van der Waals surface area contributed by atoms with E-state index in [1.165, 1.54) is 16.8 Å². The first kappa shape index (κ1) is 18.6. The predicted octanol–water partition coefficient (Wildman–Crippen LogP) is 5.95. The average molecular weight is 417 g/mol. The summed E-state index contributed by atoms with van der Waals surface area (Å²) in [6.45, 7) is 1.69. The molecule has 28 heavy (non-hydrogen) atoms. The molecule has 0 radical (unpaired) electrons. The zero-order valence-electron chi connectivity index (χ0n) is 14.5. The number of halogens is 4. The summed E-state index contributed by atoms with van der Waals surface area (Å²) in [6.07, 6.45) is 1.35. The van der Waals surface area contributed by atoms with Crippen LogP contribution in [0.15, 0.2) is 59.5 Å². The Morgan fingerprint density at radius 1 is 0.964 bits per heavy atom. The lowest BCUT2D eigenvalue weighted by Gasteiger charge is -2.16. The monoisotopic (exact) mass is 416 g/mol. The summed E-state index contributed by atoms with van der Waals surface area (Å²) in [7, 11) is 0. The van der Waals surface area contributed by atoms with Crippen molar-refractivity contribution in [1.29, 1.82) is 0 Å².